The lowest BCUT2D eigenvalue weighted by atomic mass is 10.1. The van der Waals surface area contributed by atoms with Crippen LogP contribution in [0, 0.1) is 0 Å². The monoisotopic (exact) mass is 449 g/mol. The second-order valence-electron chi connectivity index (χ2n) is 8.45. The van der Waals surface area contributed by atoms with Gasteiger partial charge < -0.3 is 9.47 Å². The molecule has 1 atom stereocenters. The van der Waals surface area contributed by atoms with Crippen LogP contribution in [-0.2, 0) is 17.9 Å². The summed E-state index contributed by atoms with van der Waals surface area (Å²) in [5.41, 5.74) is 2.17. The molecular formula is C25H31N5OS. The van der Waals surface area contributed by atoms with E-state index >= 15 is 0 Å². The fourth-order valence-electron chi connectivity index (χ4n) is 3.99. The van der Waals surface area contributed by atoms with E-state index in [0.29, 0.717) is 6.54 Å². The van der Waals surface area contributed by atoms with Crippen molar-refractivity contribution in [1.29, 1.82) is 0 Å². The molecule has 0 aliphatic carbocycles. The third kappa shape index (κ3) is 5.58. The van der Waals surface area contributed by atoms with Crippen LogP contribution in [0.1, 0.15) is 41.5 Å². The number of nitrogens with zero attached hydrogens (tertiary/aromatic N) is 5. The SMILES string of the molecule is CN(C)C(=O)C(Sc1nnc(CN2CCCCC2)n1Cc1ccccc1)c1ccccc1. The number of carbonyl (C=O) groups excluding carboxylic acids is 1. The molecule has 6 nitrogen and oxygen atoms in total. The molecule has 32 heavy (non-hydrogen) atoms. The number of likely N-dealkylation sites (N-methyl/N-ethyl adjacent to an activating group) is 1. The molecule has 3 aromatic rings. The highest BCUT2D eigenvalue weighted by molar-refractivity contribution is 8.00. The lowest BCUT2D eigenvalue weighted by Gasteiger charge is -2.26. The summed E-state index contributed by atoms with van der Waals surface area (Å²) in [5.74, 6) is 1.01. The lowest BCUT2D eigenvalue weighted by Crippen LogP contribution is -2.30. The highest BCUT2D eigenvalue weighted by atomic mass is 32.2. The molecule has 1 fully saturated rings. The van der Waals surface area contributed by atoms with Gasteiger partial charge in [-0.3, -0.25) is 9.69 Å². The van der Waals surface area contributed by atoms with Crippen molar-refractivity contribution >= 4 is 17.7 Å². The van der Waals surface area contributed by atoms with Crippen molar-refractivity contribution in [3.05, 3.63) is 77.6 Å². The third-order valence-corrected chi connectivity index (χ3v) is 7.00. The Hall–Kier alpha value is -2.64. The van der Waals surface area contributed by atoms with Gasteiger partial charge in [0.25, 0.3) is 0 Å². The molecule has 7 heteroatoms. The first-order chi connectivity index (χ1) is 15.6. The molecule has 1 saturated heterocycles. The van der Waals surface area contributed by atoms with Gasteiger partial charge in [0.1, 0.15) is 11.1 Å². The molecule has 0 saturated carbocycles. The zero-order valence-electron chi connectivity index (χ0n) is 18.9. The quantitative estimate of drug-likeness (QED) is 0.482. The van der Waals surface area contributed by atoms with Crippen molar-refractivity contribution in [3.63, 3.8) is 0 Å². The zero-order chi connectivity index (χ0) is 22.3. The van der Waals surface area contributed by atoms with E-state index in [9.17, 15) is 4.79 Å². The molecule has 4 rings (SSSR count). The number of aromatic nitrogens is 3. The summed E-state index contributed by atoms with van der Waals surface area (Å²) in [7, 11) is 3.60. The van der Waals surface area contributed by atoms with Crippen molar-refractivity contribution in [3.8, 4) is 0 Å². The van der Waals surface area contributed by atoms with Crippen LogP contribution in [0.3, 0.4) is 0 Å². The van der Waals surface area contributed by atoms with Crippen molar-refractivity contribution in [2.45, 2.75) is 42.8 Å². The van der Waals surface area contributed by atoms with Gasteiger partial charge in [0.2, 0.25) is 5.91 Å². The maximum absolute atomic E-state index is 13.1. The lowest BCUT2D eigenvalue weighted by molar-refractivity contribution is -0.128. The summed E-state index contributed by atoms with van der Waals surface area (Å²) in [4.78, 5) is 17.2. The number of thioether (sulfide) groups is 1. The predicted molar refractivity (Wildman–Crippen MR) is 128 cm³/mol. The molecule has 1 amide bonds. The summed E-state index contributed by atoms with van der Waals surface area (Å²) in [6.07, 6.45) is 3.78. The van der Waals surface area contributed by atoms with Crippen molar-refractivity contribution in [1.82, 2.24) is 24.6 Å². The summed E-state index contributed by atoms with van der Waals surface area (Å²) < 4.78 is 2.19. The molecule has 1 aliphatic heterocycles. The van der Waals surface area contributed by atoms with Crippen LogP contribution in [0.25, 0.3) is 0 Å². The Labute approximate surface area is 194 Å². The van der Waals surface area contributed by atoms with E-state index in [-0.39, 0.29) is 11.2 Å². The van der Waals surface area contributed by atoms with Crippen molar-refractivity contribution in [2.24, 2.45) is 0 Å². The Morgan fingerprint density at radius 3 is 2.25 bits per heavy atom. The zero-order valence-corrected chi connectivity index (χ0v) is 19.7. The molecule has 0 bridgehead atoms. The minimum Gasteiger partial charge on any atom is -0.348 e. The molecule has 168 valence electrons. The van der Waals surface area contributed by atoms with Crippen LogP contribution in [0.2, 0.25) is 0 Å². The molecule has 1 aliphatic rings. The maximum atomic E-state index is 13.1. The largest absolute Gasteiger partial charge is 0.348 e. The van der Waals surface area contributed by atoms with Gasteiger partial charge in [-0.2, -0.15) is 0 Å². The van der Waals surface area contributed by atoms with Crippen LogP contribution < -0.4 is 0 Å². The van der Waals surface area contributed by atoms with Crippen molar-refractivity contribution in [2.75, 3.05) is 27.2 Å². The van der Waals surface area contributed by atoms with Gasteiger partial charge in [-0.1, -0.05) is 78.8 Å². The van der Waals surface area contributed by atoms with Gasteiger partial charge in [-0.15, -0.1) is 10.2 Å². The molecule has 1 unspecified atom stereocenters. The summed E-state index contributed by atoms with van der Waals surface area (Å²) in [5, 5.41) is 9.56. The van der Waals surface area contributed by atoms with Gasteiger partial charge >= 0.3 is 0 Å². The summed E-state index contributed by atoms with van der Waals surface area (Å²) in [6, 6.07) is 20.3. The predicted octanol–water partition coefficient (Wildman–Crippen LogP) is 4.23. The number of amides is 1. The van der Waals surface area contributed by atoms with Gasteiger partial charge in [-0.05, 0) is 37.1 Å². The Morgan fingerprint density at radius 1 is 0.938 bits per heavy atom. The minimum absolute atomic E-state index is 0.0491. The molecule has 0 N–H and O–H groups in total. The first-order valence-electron chi connectivity index (χ1n) is 11.2. The number of hydrogen-bond acceptors (Lipinski definition) is 5. The van der Waals surface area contributed by atoms with Crippen LogP contribution in [-0.4, -0.2) is 57.7 Å². The normalized spacial score (nSPS) is 15.4. The van der Waals surface area contributed by atoms with E-state index in [4.69, 9.17) is 0 Å². The van der Waals surface area contributed by atoms with Gasteiger partial charge in [0, 0.05) is 14.1 Å². The number of carbonyl (C=O) groups is 1. The highest BCUT2D eigenvalue weighted by Crippen LogP contribution is 2.36. The first-order valence-corrected chi connectivity index (χ1v) is 12.1. The second-order valence-corrected chi connectivity index (χ2v) is 9.52. The molecule has 1 aromatic heterocycles. The average molecular weight is 450 g/mol. The number of benzene rings is 2. The van der Waals surface area contributed by atoms with E-state index in [1.54, 1.807) is 19.0 Å². The van der Waals surface area contributed by atoms with E-state index in [0.717, 1.165) is 36.2 Å². The number of hydrogen-bond donors (Lipinski definition) is 0. The number of likely N-dealkylation sites (tertiary alicyclic amines) is 1. The Bertz CT molecular complexity index is 1000. The molecule has 0 spiro atoms. The van der Waals surface area contributed by atoms with Gasteiger partial charge in [0.05, 0.1) is 13.1 Å². The molecule has 0 radical (unpaired) electrons. The Balaban J connectivity index is 1.65. The highest BCUT2D eigenvalue weighted by Gasteiger charge is 2.27. The summed E-state index contributed by atoms with van der Waals surface area (Å²) >= 11 is 1.49. The Morgan fingerprint density at radius 2 is 1.59 bits per heavy atom. The molecular weight excluding hydrogens is 418 g/mol. The first kappa shape index (κ1) is 22.6. The maximum Gasteiger partial charge on any atom is 0.240 e. The number of piperidine rings is 1. The topological polar surface area (TPSA) is 54.3 Å². The van der Waals surface area contributed by atoms with Crippen LogP contribution >= 0.6 is 11.8 Å². The Kier molecular flexibility index (Phi) is 7.60. The van der Waals surface area contributed by atoms with E-state index < -0.39 is 0 Å². The average Bonchev–Trinajstić information content (AvgIpc) is 3.19. The fourth-order valence-corrected chi connectivity index (χ4v) is 5.20. The molecule has 2 heterocycles. The standard InChI is InChI=1S/C25H31N5OS/c1-28(2)24(31)23(21-14-8-4-9-15-21)32-25-27-26-22(19-29-16-10-5-11-17-29)30(25)18-20-12-6-3-7-13-20/h3-4,6-9,12-15,23H,5,10-11,16-19H2,1-2H3. The van der Waals surface area contributed by atoms with E-state index in [1.165, 1.54) is 36.6 Å². The van der Waals surface area contributed by atoms with Crippen LogP contribution in [0.5, 0.6) is 0 Å². The second kappa shape index (κ2) is 10.8. The van der Waals surface area contributed by atoms with Crippen LogP contribution in [0.15, 0.2) is 65.8 Å². The van der Waals surface area contributed by atoms with Gasteiger partial charge in [-0.25, -0.2) is 0 Å². The summed E-state index contributed by atoms with van der Waals surface area (Å²) in [6.45, 7) is 3.69. The van der Waals surface area contributed by atoms with Crippen molar-refractivity contribution < 1.29 is 4.79 Å². The molecule has 2 aromatic carbocycles. The van der Waals surface area contributed by atoms with E-state index in [1.807, 2.05) is 36.4 Å². The number of rotatable bonds is 8. The third-order valence-electron chi connectivity index (χ3n) is 5.78. The van der Waals surface area contributed by atoms with Crippen LogP contribution in [0.4, 0.5) is 0 Å². The minimum atomic E-state index is -0.368. The van der Waals surface area contributed by atoms with Gasteiger partial charge in [0.15, 0.2) is 5.16 Å². The van der Waals surface area contributed by atoms with E-state index in [2.05, 4.69) is 43.9 Å². The smallest absolute Gasteiger partial charge is 0.240 e. The fraction of sp³-hybridized carbons (Fsp3) is 0.400.